The third-order valence-corrected chi connectivity index (χ3v) is 2.11. The highest BCUT2D eigenvalue weighted by molar-refractivity contribution is 7.71. The van der Waals surface area contributed by atoms with E-state index in [-0.39, 0.29) is 4.84 Å². The Kier molecular flexibility index (Phi) is 2.09. The van der Waals surface area contributed by atoms with Crippen LogP contribution in [0.3, 0.4) is 0 Å². The molecule has 0 unspecified atom stereocenters. The quantitative estimate of drug-likeness (QED) is 0.625. The van der Waals surface area contributed by atoms with Gasteiger partial charge < -0.3 is 9.15 Å². The maximum absolute atomic E-state index is 11.3. The fourth-order valence-corrected chi connectivity index (χ4v) is 1.49. The first kappa shape index (κ1) is 8.96. The molecule has 0 aliphatic rings. The largest absolute Gasteiger partial charge is 0.452 e. The molecule has 0 aliphatic heterocycles. The molecular formula is C9H7NO3S. The lowest BCUT2D eigenvalue weighted by Crippen LogP contribution is -2.10. The summed E-state index contributed by atoms with van der Waals surface area (Å²) >= 11 is 4.89. The van der Waals surface area contributed by atoms with E-state index in [4.69, 9.17) is 16.6 Å². The second-order valence-electron chi connectivity index (χ2n) is 2.64. The number of ether oxygens (including phenoxy) is 1. The number of nitrogens with zero attached hydrogens (tertiary/aromatic N) is 1. The summed E-state index contributed by atoms with van der Waals surface area (Å²) in [6.45, 7) is 0. The highest BCUT2D eigenvalue weighted by Gasteiger charge is 2.12. The van der Waals surface area contributed by atoms with Crippen molar-refractivity contribution in [1.82, 2.24) is 4.57 Å². The van der Waals surface area contributed by atoms with Gasteiger partial charge in [0.15, 0.2) is 5.58 Å². The number of hydrogen-bond acceptors (Lipinski definition) is 4. The number of para-hydroxylation sites is 2. The van der Waals surface area contributed by atoms with Gasteiger partial charge in [-0.2, -0.15) is 0 Å². The van der Waals surface area contributed by atoms with Crippen LogP contribution in [0.1, 0.15) is 0 Å². The highest BCUT2D eigenvalue weighted by Crippen LogP contribution is 2.16. The number of hydrogen-bond donors (Lipinski definition) is 0. The van der Waals surface area contributed by atoms with Gasteiger partial charge in [0.2, 0.25) is 0 Å². The second-order valence-corrected chi connectivity index (χ2v) is 2.99. The molecule has 0 amide bonds. The van der Waals surface area contributed by atoms with Gasteiger partial charge in [-0.1, -0.05) is 12.1 Å². The van der Waals surface area contributed by atoms with Crippen molar-refractivity contribution in [2.45, 2.75) is 0 Å². The Balaban J connectivity index is 2.81. The lowest BCUT2D eigenvalue weighted by molar-refractivity contribution is 0.172. The van der Waals surface area contributed by atoms with Crippen LogP contribution < -0.4 is 0 Å². The van der Waals surface area contributed by atoms with Gasteiger partial charge >= 0.3 is 6.09 Å². The van der Waals surface area contributed by atoms with Crippen LogP contribution >= 0.6 is 12.2 Å². The Morgan fingerprint density at radius 1 is 1.50 bits per heavy atom. The maximum Gasteiger partial charge on any atom is 0.421 e. The molecule has 2 aromatic rings. The summed E-state index contributed by atoms with van der Waals surface area (Å²) in [7, 11) is 1.30. The van der Waals surface area contributed by atoms with E-state index in [0.717, 1.165) is 0 Å². The molecule has 0 fully saturated rings. The SMILES string of the molecule is COC(=O)n1c(=S)oc2ccccc21. The Morgan fingerprint density at radius 3 is 2.93 bits per heavy atom. The molecule has 0 saturated heterocycles. The lowest BCUT2D eigenvalue weighted by atomic mass is 10.3. The fraction of sp³-hybridized carbons (Fsp3) is 0.111. The monoisotopic (exact) mass is 209 g/mol. The van der Waals surface area contributed by atoms with E-state index in [2.05, 4.69) is 4.74 Å². The third-order valence-electron chi connectivity index (χ3n) is 1.84. The van der Waals surface area contributed by atoms with E-state index in [1.165, 1.54) is 11.7 Å². The summed E-state index contributed by atoms with van der Waals surface area (Å²) in [5.74, 6) is 0. The molecule has 4 nitrogen and oxygen atoms in total. The average Bonchev–Trinajstić information content (AvgIpc) is 2.53. The second kappa shape index (κ2) is 3.26. The summed E-state index contributed by atoms with van der Waals surface area (Å²) < 4.78 is 11.0. The van der Waals surface area contributed by atoms with Crippen molar-refractivity contribution >= 4 is 29.4 Å². The zero-order valence-electron chi connectivity index (χ0n) is 7.39. The van der Waals surface area contributed by atoms with E-state index >= 15 is 0 Å². The number of carbonyl (C=O) groups excluding carboxylic acids is 1. The molecule has 1 heterocycles. The van der Waals surface area contributed by atoms with Crippen LogP contribution in [0.4, 0.5) is 4.79 Å². The summed E-state index contributed by atoms with van der Waals surface area (Å²) in [5.41, 5.74) is 1.19. The van der Waals surface area contributed by atoms with Gasteiger partial charge in [0, 0.05) is 0 Å². The zero-order valence-corrected chi connectivity index (χ0v) is 8.21. The molecule has 0 aliphatic carbocycles. The molecule has 1 aromatic heterocycles. The van der Waals surface area contributed by atoms with Crippen molar-refractivity contribution in [2.24, 2.45) is 0 Å². The average molecular weight is 209 g/mol. The zero-order chi connectivity index (χ0) is 10.1. The number of rotatable bonds is 0. The summed E-state index contributed by atoms with van der Waals surface area (Å²) in [6.07, 6.45) is -0.542. The van der Waals surface area contributed by atoms with Gasteiger partial charge in [-0.05, 0) is 24.4 Å². The Labute approximate surface area is 84.7 Å². The van der Waals surface area contributed by atoms with Crippen molar-refractivity contribution in [2.75, 3.05) is 7.11 Å². The number of aromatic nitrogens is 1. The van der Waals surface area contributed by atoms with Gasteiger partial charge in [0.1, 0.15) is 0 Å². The first-order valence-electron chi connectivity index (χ1n) is 3.93. The van der Waals surface area contributed by atoms with Gasteiger partial charge in [0.25, 0.3) is 4.84 Å². The van der Waals surface area contributed by atoms with E-state index in [0.29, 0.717) is 11.1 Å². The molecular weight excluding hydrogens is 202 g/mol. The highest BCUT2D eigenvalue weighted by atomic mass is 32.1. The van der Waals surface area contributed by atoms with E-state index in [9.17, 15) is 4.79 Å². The number of methoxy groups -OCH3 is 1. The van der Waals surface area contributed by atoms with Crippen LogP contribution in [0.25, 0.3) is 11.1 Å². The Bertz CT molecular complexity index is 540. The minimum atomic E-state index is -0.542. The van der Waals surface area contributed by atoms with Gasteiger partial charge in [-0.15, -0.1) is 0 Å². The smallest absolute Gasteiger partial charge is 0.421 e. The molecule has 1 aromatic carbocycles. The van der Waals surface area contributed by atoms with E-state index < -0.39 is 6.09 Å². The van der Waals surface area contributed by atoms with E-state index in [1.807, 2.05) is 6.07 Å². The van der Waals surface area contributed by atoms with E-state index in [1.54, 1.807) is 18.2 Å². The molecule has 0 N–H and O–H groups in total. The number of fused-ring (bicyclic) bond motifs is 1. The van der Waals surface area contributed by atoms with Crippen LogP contribution in [0.2, 0.25) is 0 Å². The van der Waals surface area contributed by atoms with Gasteiger partial charge in [0.05, 0.1) is 12.6 Å². The molecule has 0 bridgehead atoms. The van der Waals surface area contributed by atoms with Crippen LogP contribution in [-0.2, 0) is 4.74 Å². The fourth-order valence-electron chi connectivity index (χ4n) is 1.23. The van der Waals surface area contributed by atoms with Crippen molar-refractivity contribution in [3.05, 3.63) is 29.1 Å². The number of oxazole rings is 1. The molecule has 14 heavy (non-hydrogen) atoms. The molecule has 0 radical (unpaired) electrons. The predicted octanol–water partition coefficient (Wildman–Crippen LogP) is 2.58. The molecule has 5 heteroatoms. The Hall–Kier alpha value is -1.62. The first-order valence-corrected chi connectivity index (χ1v) is 4.34. The van der Waals surface area contributed by atoms with Crippen molar-refractivity contribution in [3.8, 4) is 0 Å². The molecule has 2 rings (SSSR count). The minimum Gasteiger partial charge on any atom is -0.452 e. The topological polar surface area (TPSA) is 44.4 Å². The standard InChI is InChI=1S/C9H7NO3S/c1-12-8(11)10-6-4-2-3-5-7(6)13-9(10)14/h2-5H,1H3. The van der Waals surface area contributed by atoms with Crippen LogP contribution in [0, 0.1) is 4.84 Å². The summed E-state index contributed by atoms with van der Waals surface area (Å²) in [4.78, 5) is 11.4. The normalized spacial score (nSPS) is 10.4. The van der Waals surface area contributed by atoms with Crippen molar-refractivity contribution in [3.63, 3.8) is 0 Å². The lowest BCUT2D eigenvalue weighted by Gasteiger charge is -1.97. The maximum atomic E-state index is 11.3. The first-order chi connectivity index (χ1) is 6.74. The minimum absolute atomic E-state index is 0.0954. The third kappa shape index (κ3) is 1.22. The predicted molar refractivity (Wildman–Crippen MR) is 52.8 cm³/mol. The van der Waals surface area contributed by atoms with Crippen molar-refractivity contribution < 1.29 is 13.9 Å². The van der Waals surface area contributed by atoms with Crippen molar-refractivity contribution in [1.29, 1.82) is 0 Å². The number of carbonyl (C=O) groups is 1. The van der Waals surface area contributed by atoms with Crippen LogP contribution in [-0.4, -0.2) is 17.8 Å². The molecule has 0 saturated carbocycles. The molecule has 72 valence electrons. The van der Waals surface area contributed by atoms with Crippen LogP contribution in [0.5, 0.6) is 0 Å². The molecule has 0 atom stereocenters. The number of benzene rings is 1. The Morgan fingerprint density at radius 2 is 2.21 bits per heavy atom. The molecule has 0 spiro atoms. The van der Waals surface area contributed by atoms with Crippen LogP contribution in [0.15, 0.2) is 28.7 Å². The van der Waals surface area contributed by atoms with Gasteiger partial charge in [-0.25, -0.2) is 9.36 Å². The van der Waals surface area contributed by atoms with Gasteiger partial charge in [-0.3, -0.25) is 0 Å². The summed E-state index contributed by atoms with van der Waals surface area (Å²) in [5, 5.41) is 0. The summed E-state index contributed by atoms with van der Waals surface area (Å²) in [6, 6.07) is 7.09.